The zero-order chi connectivity index (χ0) is 15.2. The Morgan fingerprint density at radius 3 is 2.86 bits per heavy atom. The number of para-hydroxylation sites is 1. The van der Waals surface area contributed by atoms with Gasteiger partial charge in [-0.2, -0.15) is 13.2 Å². The number of thiazole rings is 1. The zero-order valence-electron chi connectivity index (χ0n) is 10.3. The summed E-state index contributed by atoms with van der Waals surface area (Å²) < 4.78 is 38.5. The SMILES string of the molecule is O=C(O/N=C1\CCn2c(=O)sc3cccc1c32)C(F)(F)F. The third kappa shape index (κ3) is 2.33. The van der Waals surface area contributed by atoms with Crippen molar-refractivity contribution in [3.63, 3.8) is 0 Å². The summed E-state index contributed by atoms with van der Waals surface area (Å²) in [5.74, 6) is -2.37. The summed E-state index contributed by atoms with van der Waals surface area (Å²) in [5, 5.41) is 3.32. The summed E-state index contributed by atoms with van der Waals surface area (Å²) in [6, 6.07) is 5.04. The van der Waals surface area contributed by atoms with Crippen molar-refractivity contribution in [1.82, 2.24) is 4.57 Å². The molecule has 1 aliphatic rings. The molecule has 110 valence electrons. The molecule has 0 bridgehead atoms. The summed E-state index contributed by atoms with van der Waals surface area (Å²) in [4.78, 5) is 26.3. The number of rotatable bonds is 1. The molecule has 1 aromatic carbocycles. The fourth-order valence-corrected chi connectivity index (χ4v) is 3.10. The highest BCUT2D eigenvalue weighted by molar-refractivity contribution is 7.16. The smallest absolute Gasteiger partial charge is 0.309 e. The lowest BCUT2D eigenvalue weighted by atomic mass is 10.0. The Hall–Kier alpha value is -2.16. The van der Waals surface area contributed by atoms with E-state index in [0.29, 0.717) is 15.8 Å². The maximum atomic E-state index is 12.1. The van der Waals surface area contributed by atoms with Crippen LogP contribution in [0.3, 0.4) is 0 Å². The molecule has 1 aliphatic heterocycles. The van der Waals surface area contributed by atoms with Crippen molar-refractivity contribution >= 4 is 33.2 Å². The lowest BCUT2D eigenvalue weighted by Gasteiger charge is -2.15. The predicted molar refractivity (Wildman–Crippen MR) is 69.4 cm³/mol. The van der Waals surface area contributed by atoms with Crippen LogP contribution in [0.25, 0.3) is 10.2 Å². The van der Waals surface area contributed by atoms with E-state index in [-0.39, 0.29) is 23.6 Å². The molecular formula is C12H7F3N2O3S. The number of alkyl halides is 3. The van der Waals surface area contributed by atoms with E-state index in [1.807, 2.05) is 0 Å². The number of carbonyl (C=O) groups excluding carboxylic acids is 1. The number of aromatic nitrogens is 1. The van der Waals surface area contributed by atoms with E-state index in [1.165, 1.54) is 0 Å². The average molecular weight is 316 g/mol. The van der Waals surface area contributed by atoms with Gasteiger partial charge in [-0.1, -0.05) is 28.6 Å². The Morgan fingerprint density at radius 1 is 1.38 bits per heavy atom. The quantitative estimate of drug-likeness (QED) is 0.599. The molecule has 0 amide bonds. The van der Waals surface area contributed by atoms with E-state index in [1.54, 1.807) is 22.8 Å². The molecule has 2 heterocycles. The van der Waals surface area contributed by atoms with Gasteiger partial charge in [0.2, 0.25) is 0 Å². The number of hydrogen-bond donors (Lipinski definition) is 0. The highest BCUT2D eigenvalue weighted by Gasteiger charge is 2.41. The highest BCUT2D eigenvalue weighted by Crippen LogP contribution is 2.27. The van der Waals surface area contributed by atoms with Crippen molar-refractivity contribution in [2.24, 2.45) is 5.16 Å². The van der Waals surface area contributed by atoms with Crippen LogP contribution in [0.2, 0.25) is 0 Å². The van der Waals surface area contributed by atoms with Gasteiger partial charge in [0.15, 0.2) is 0 Å². The molecule has 0 N–H and O–H groups in total. The fraction of sp³-hybridized carbons (Fsp3) is 0.250. The normalized spacial score (nSPS) is 16.4. The number of halogens is 3. The number of benzene rings is 1. The first-order chi connectivity index (χ1) is 9.88. The minimum Gasteiger partial charge on any atom is -0.309 e. The molecule has 3 rings (SSSR count). The van der Waals surface area contributed by atoms with Gasteiger partial charge < -0.3 is 4.84 Å². The summed E-state index contributed by atoms with van der Waals surface area (Å²) in [6.07, 6.45) is -4.87. The van der Waals surface area contributed by atoms with Crippen molar-refractivity contribution in [2.75, 3.05) is 0 Å². The highest BCUT2D eigenvalue weighted by atomic mass is 32.1. The number of carbonyl (C=O) groups is 1. The Balaban J connectivity index is 2.02. The molecular weight excluding hydrogens is 309 g/mol. The predicted octanol–water partition coefficient (Wildman–Crippen LogP) is 2.28. The fourth-order valence-electron chi connectivity index (χ4n) is 2.16. The first-order valence-electron chi connectivity index (χ1n) is 5.85. The summed E-state index contributed by atoms with van der Waals surface area (Å²) in [5.41, 5.74) is 1.34. The molecule has 5 nitrogen and oxygen atoms in total. The lowest BCUT2D eigenvalue weighted by molar-refractivity contribution is -0.199. The van der Waals surface area contributed by atoms with Crippen LogP contribution >= 0.6 is 11.3 Å². The van der Waals surface area contributed by atoms with Crippen LogP contribution in [0.1, 0.15) is 12.0 Å². The first-order valence-corrected chi connectivity index (χ1v) is 6.67. The van der Waals surface area contributed by atoms with Crippen molar-refractivity contribution in [3.8, 4) is 0 Å². The molecule has 0 unspecified atom stereocenters. The zero-order valence-corrected chi connectivity index (χ0v) is 11.1. The Morgan fingerprint density at radius 2 is 2.14 bits per heavy atom. The van der Waals surface area contributed by atoms with E-state index in [9.17, 15) is 22.8 Å². The molecule has 0 saturated carbocycles. The van der Waals surface area contributed by atoms with Crippen molar-refractivity contribution in [2.45, 2.75) is 19.1 Å². The van der Waals surface area contributed by atoms with Crippen LogP contribution in [0.4, 0.5) is 13.2 Å². The number of oxime groups is 1. The van der Waals surface area contributed by atoms with Crippen LogP contribution in [0.15, 0.2) is 28.1 Å². The monoisotopic (exact) mass is 316 g/mol. The molecule has 21 heavy (non-hydrogen) atoms. The van der Waals surface area contributed by atoms with Crippen LogP contribution in [-0.2, 0) is 16.2 Å². The third-order valence-electron chi connectivity index (χ3n) is 3.04. The van der Waals surface area contributed by atoms with Crippen LogP contribution in [0.5, 0.6) is 0 Å². The van der Waals surface area contributed by atoms with E-state index in [0.717, 1.165) is 11.3 Å². The van der Waals surface area contributed by atoms with Crippen LogP contribution in [-0.4, -0.2) is 22.4 Å². The topological polar surface area (TPSA) is 60.7 Å². The standard InChI is InChI=1S/C12H7F3N2O3S/c13-12(14,15)10(18)20-16-7-4-5-17-9-6(7)2-1-3-8(9)21-11(17)19/h1-3H,4-5H2/b16-7+. The Labute approximate surface area is 119 Å². The maximum absolute atomic E-state index is 12.1. The number of nitrogens with zero attached hydrogens (tertiary/aromatic N) is 2. The third-order valence-corrected chi connectivity index (χ3v) is 3.98. The molecule has 0 radical (unpaired) electrons. The second kappa shape index (κ2) is 4.69. The van der Waals surface area contributed by atoms with Gasteiger partial charge in [-0.05, 0) is 6.07 Å². The van der Waals surface area contributed by atoms with Crippen molar-refractivity contribution < 1.29 is 22.8 Å². The summed E-state index contributed by atoms with van der Waals surface area (Å²) in [7, 11) is 0. The van der Waals surface area contributed by atoms with E-state index in [4.69, 9.17) is 0 Å². The summed E-state index contributed by atoms with van der Waals surface area (Å²) in [6.45, 7) is 0.290. The lowest BCUT2D eigenvalue weighted by Crippen LogP contribution is -2.25. The second-order valence-corrected chi connectivity index (χ2v) is 5.33. The van der Waals surface area contributed by atoms with Crippen LogP contribution in [0, 0.1) is 0 Å². The van der Waals surface area contributed by atoms with Crippen LogP contribution < -0.4 is 4.87 Å². The molecule has 0 saturated heterocycles. The Bertz CT molecular complexity index is 819. The van der Waals surface area contributed by atoms with Crippen molar-refractivity contribution in [3.05, 3.63) is 33.4 Å². The van der Waals surface area contributed by atoms with Gasteiger partial charge in [0.05, 0.1) is 15.9 Å². The molecule has 0 spiro atoms. The summed E-state index contributed by atoms with van der Waals surface area (Å²) >= 11 is 1.05. The molecule has 2 aromatic rings. The maximum Gasteiger partial charge on any atom is 0.493 e. The minimum absolute atomic E-state index is 0.135. The first kappa shape index (κ1) is 13.8. The molecule has 9 heteroatoms. The van der Waals surface area contributed by atoms with Gasteiger partial charge in [-0.15, -0.1) is 0 Å². The van der Waals surface area contributed by atoms with Crippen molar-refractivity contribution in [1.29, 1.82) is 0 Å². The van der Waals surface area contributed by atoms with Gasteiger partial charge in [0.25, 0.3) is 0 Å². The Kier molecular flexibility index (Phi) is 3.08. The van der Waals surface area contributed by atoms with Gasteiger partial charge in [-0.25, -0.2) is 4.79 Å². The van der Waals surface area contributed by atoms with Gasteiger partial charge >= 0.3 is 17.0 Å². The number of hydrogen-bond acceptors (Lipinski definition) is 5. The van der Waals surface area contributed by atoms with E-state index < -0.39 is 12.1 Å². The average Bonchev–Trinajstić information content (AvgIpc) is 2.75. The minimum atomic E-state index is -5.09. The van der Waals surface area contributed by atoms with E-state index in [2.05, 4.69) is 9.99 Å². The number of aryl methyl sites for hydroxylation is 1. The molecule has 0 fully saturated rings. The van der Waals surface area contributed by atoms with E-state index >= 15 is 0 Å². The molecule has 0 aliphatic carbocycles. The molecule has 0 atom stereocenters. The largest absolute Gasteiger partial charge is 0.493 e. The van der Waals surface area contributed by atoms with Gasteiger partial charge in [0.1, 0.15) is 0 Å². The second-order valence-electron chi connectivity index (χ2n) is 4.34. The molecule has 1 aromatic heterocycles. The van der Waals surface area contributed by atoms with Gasteiger partial charge in [0, 0.05) is 18.5 Å². The van der Waals surface area contributed by atoms with Gasteiger partial charge in [-0.3, -0.25) is 9.36 Å².